The highest BCUT2D eigenvalue weighted by molar-refractivity contribution is 6.29. The molecule has 17 heavy (non-hydrogen) atoms. The van der Waals surface area contributed by atoms with Gasteiger partial charge in [-0.3, -0.25) is 4.98 Å². The summed E-state index contributed by atoms with van der Waals surface area (Å²) in [4.78, 5) is 12.2. The Morgan fingerprint density at radius 2 is 1.88 bits per heavy atom. The first-order valence-electron chi connectivity index (χ1n) is 5.12. The van der Waals surface area contributed by atoms with Crippen LogP contribution in [-0.2, 0) is 0 Å². The molecule has 0 unspecified atom stereocenters. The van der Waals surface area contributed by atoms with Crippen molar-refractivity contribution in [3.8, 4) is 11.5 Å². The number of nitrogens with zero attached hydrogens (tertiary/aromatic N) is 3. The van der Waals surface area contributed by atoms with E-state index in [9.17, 15) is 4.39 Å². The van der Waals surface area contributed by atoms with Gasteiger partial charge in [-0.2, -0.15) is 0 Å². The third-order valence-corrected chi connectivity index (χ3v) is 2.65. The molecule has 0 radical (unpaired) electrons. The lowest BCUT2D eigenvalue weighted by molar-refractivity contribution is 0.603. The van der Waals surface area contributed by atoms with E-state index in [2.05, 4.69) is 15.0 Å². The highest BCUT2D eigenvalue weighted by atomic mass is 35.5. The van der Waals surface area contributed by atoms with Gasteiger partial charge in [0.15, 0.2) is 16.8 Å². The van der Waals surface area contributed by atoms with Gasteiger partial charge < -0.3 is 0 Å². The maximum absolute atomic E-state index is 13.3. The summed E-state index contributed by atoms with van der Waals surface area (Å²) in [6.45, 7) is 5.41. The molecule has 88 valence electrons. The van der Waals surface area contributed by atoms with Gasteiger partial charge in [-0.15, -0.1) is 0 Å². The second kappa shape index (κ2) is 4.37. The van der Waals surface area contributed by atoms with Gasteiger partial charge in [0.25, 0.3) is 0 Å². The number of halogens is 2. The van der Waals surface area contributed by atoms with Crippen molar-refractivity contribution in [2.24, 2.45) is 0 Å². The monoisotopic (exact) mass is 251 g/mol. The second-order valence-corrected chi connectivity index (χ2v) is 4.27. The predicted molar refractivity (Wildman–Crippen MR) is 64.4 cm³/mol. The van der Waals surface area contributed by atoms with Crippen LogP contribution in [0.5, 0.6) is 0 Å². The SMILES string of the molecule is Cc1cnc(-c2nc(C)c(F)c(Cl)n2)c(C)c1. The molecule has 0 aliphatic carbocycles. The van der Waals surface area contributed by atoms with Crippen molar-refractivity contribution in [3.63, 3.8) is 0 Å². The summed E-state index contributed by atoms with van der Waals surface area (Å²) in [6.07, 6.45) is 1.72. The minimum Gasteiger partial charge on any atom is -0.252 e. The van der Waals surface area contributed by atoms with Crippen LogP contribution in [0.3, 0.4) is 0 Å². The number of pyridine rings is 1. The molecule has 0 saturated carbocycles. The van der Waals surface area contributed by atoms with Crippen LogP contribution in [0.2, 0.25) is 5.15 Å². The predicted octanol–water partition coefficient (Wildman–Crippen LogP) is 3.26. The summed E-state index contributed by atoms with van der Waals surface area (Å²) in [6, 6.07) is 1.97. The molecule has 0 fully saturated rings. The fraction of sp³-hybridized carbons (Fsp3) is 0.250. The third-order valence-electron chi connectivity index (χ3n) is 2.40. The molecule has 2 aromatic heterocycles. The molecule has 0 amide bonds. The maximum atomic E-state index is 13.3. The first kappa shape index (κ1) is 11.9. The van der Waals surface area contributed by atoms with E-state index in [1.54, 1.807) is 13.1 Å². The Labute approximate surface area is 104 Å². The van der Waals surface area contributed by atoms with E-state index < -0.39 is 5.82 Å². The molecule has 0 aromatic carbocycles. The van der Waals surface area contributed by atoms with Crippen LogP contribution in [0.1, 0.15) is 16.8 Å². The van der Waals surface area contributed by atoms with E-state index in [4.69, 9.17) is 11.6 Å². The van der Waals surface area contributed by atoms with Crippen LogP contribution < -0.4 is 0 Å². The van der Waals surface area contributed by atoms with Gasteiger partial charge in [-0.25, -0.2) is 14.4 Å². The van der Waals surface area contributed by atoms with Crippen LogP contribution in [0.15, 0.2) is 12.3 Å². The van der Waals surface area contributed by atoms with E-state index in [1.165, 1.54) is 0 Å². The minimum absolute atomic E-state index is 0.172. The lowest BCUT2D eigenvalue weighted by Gasteiger charge is -2.06. The van der Waals surface area contributed by atoms with Crippen molar-refractivity contribution in [2.75, 3.05) is 0 Å². The van der Waals surface area contributed by atoms with E-state index >= 15 is 0 Å². The molecule has 0 aliphatic heterocycles. The van der Waals surface area contributed by atoms with Crippen molar-refractivity contribution in [1.29, 1.82) is 0 Å². The molecule has 0 bridgehead atoms. The molecule has 2 heterocycles. The summed E-state index contributed by atoms with van der Waals surface area (Å²) in [7, 11) is 0. The van der Waals surface area contributed by atoms with E-state index in [0.29, 0.717) is 11.5 Å². The highest BCUT2D eigenvalue weighted by Crippen LogP contribution is 2.22. The van der Waals surface area contributed by atoms with Gasteiger partial charge in [0.05, 0.1) is 5.69 Å². The molecule has 2 rings (SSSR count). The summed E-state index contributed by atoms with van der Waals surface area (Å²) in [5.41, 5.74) is 2.84. The number of rotatable bonds is 1. The lowest BCUT2D eigenvalue weighted by atomic mass is 10.1. The Morgan fingerprint density at radius 3 is 2.47 bits per heavy atom. The molecule has 0 atom stereocenters. The standard InChI is InChI=1S/C12H11ClFN3/c1-6-4-7(2)10(15-5-6)12-16-8(3)9(14)11(13)17-12/h4-5H,1-3H3. The van der Waals surface area contributed by atoms with E-state index in [0.717, 1.165) is 11.1 Å². The van der Waals surface area contributed by atoms with Gasteiger partial charge in [0.2, 0.25) is 0 Å². The lowest BCUT2D eigenvalue weighted by Crippen LogP contribution is -2.00. The molecule has 3 nitrogen and oxygen atoms in total. The first-order valence-corrected chi connectivity index (χ1v) is 5.50. The van der Waals surface area contributed by atoms with Crippen LogP contribution >= 0.6 is 11.6 Å². The third kappa shape index (κ3) is 2.26. The van der Waals surface area contributed by atoms with Crippen LogP contribution in [-0.4, -0.2) is 15.0 Å². The second-order valence-electron chi connectivity index (χ2n) is 3.92. The zero-order valence-electron chi connectivity index (χ0n) is 9.75. The van der Waals surface area contributed by atoms with Crippen LogP contribution in [0.25, 0.3) is 11.5 Å². The normalized spacial score (nSPS) is 10.6. The Morgan fingerprint density at radius 1 is 1.18 bits per heavy atom. The minimum atomic E-state index is -0.583. The molecule has 0 saturated heterocycles. The number of hydrogen-bond donors (Lipinski definition) is 0. The van der Waals surface area contributed by atoms with E-state index in [1.807, 2.05) is 19.9 Å². The summed E-state index contributed by atoms with van der Waals surface area (Å²) >= 11 is 5.70. The van der Waals surface area contributed by atoms with Crippen molar-refractivity contribution in [3.05, 3.63) is 40.1 Å². The fourth-order valence-corrected chi connectivity index (χ4v) is 1.80. The Hall–Kier alpha value is -1.55. The fourth-order valence-electron chi connectivity index (χ4n) is 1.58. The Balaban J connectivity index is 2.61. The first-order chi connectivity index (χ1) is 7.99. The molecular weight excluding hydrogens is 241 g/mol. The highest BCUT2D eigenvalue weighted by Gasteiger charge is 2.13. The summed E-state index contributed by atoms with van der Waals surface area (Å²) < 4.78 is 13.3. The topological polar surface area (TPSA) is 38.7 Å². The molecule has 2 aromatic rings. The van der Waals surface area contributed by atoms with Gasteiger partial charge in [0, 0.05) is 6.20 Å². The maximum Gasteiger partial charge on any atom is 0.181 e. The Kier molecular flexibility index (Phi) is 3.07. The zero-order valence-corrected chi connectivity index (χ0v) is 10.5. The summed E-state index contributed by atoms with van der Waals surface area (Å²) in [5, 5.41) is -0.172. The van der Waals surface area contributed by atoms with E-state index in [-0.39, 0.29) is 10.8 Å². The molecule has 0 aliphatic rings. The number of aryl methyl sites for hydroxylation is 3. The van der Waals surface area contributed by atoms with Gasteiger partial charge >= 0.3 is 0 Å². The van der Waals surface area contributed by atoms with Crippen molar-refractivity contribution < 1.29 is 4.39 Å². The number of aromatic nitrogens is 3. The quantitative estimate of drug-likeness (QED) is 0.731. The number of hydrogen-bond acceptors (Lipinski definition) is 3. The summed E-state index contributed by atoms with van der Waals surface area (Å²) in [5.74, 6) is -0.230. The van der Waals surface area contributed by atoms with Crippen molar-refractivity contribution in [1.82, 2.24) is 15.0 Å². The molecule has 5 heteroatoms. The van der Waals surface area contributed by atoms with Crippen LogP contribution in [0.4, 0.5) is 4.39 Å². The van der Waals surface area contributed by atoms with Crippen molar-refractivity contribution >= 4 is 11.6 Å². The van der Waals surface area contributed by atoms with Gasteiger partial charge in [0.1, 0.15) is 5.69 Å². The molecule has 0 N–H and O–H groups in total. The van der Waals surface area contributed by atoms with Crippen molar-refractivity contribution in [2.45, 2.75) is 20.8 Å². The van der Waals surface area contributed by atoms with Crippen LogP contribution in [0, 0.1) is 26.6 Å². The average Bonchev–Trinajstić information content (AvgIpc) is 2.25. The molecule has 0 spiro atoms. The smallest absolute Gasteiger partial charge is 0.181 e. The van der Waals surface area contributed by atoms with Gasteiger partial charge in [-0.1, -0.05) is 17.7 Å². The largest absolute Gasteiger partial charge is 0.252 e. The zero-order chi connectivity index (χ0) is 12.6. The van der Waals surface area contributed by atoms with Gasteiger partial charge in [-0.05, 0) is 31.9 Å². The Bertz CT molecular complexity index is 561. The molecular formula is C12H11ClFN3. The average molecular weight is 252 g/mol.